The van der Waals surface area contributed by atoms with E-state index in [4.69, 9.17) is 0 Å². The maximum atomic E-state index is 4.43. The second kappa shape index (κ2) is 5.91. The normalized spacial score (nSPS) is 13.4. The molecular weight excluding hydrogens is 186 g/mol. The van der Waals surface area contributed by atoms with E-state index in [9.17, 15) is 0 Å². The van der Waals surface area contributed by atoms with Gasteiger partial charge in [0.15, 0.2) is 0 Å². The zero-order valence-electron chi connectivity index (χ0n) is 10.3. The number of aryl methyl sites for hydroxylation is 1. The maximum Gasteiger partial charge on any atom is 0.0793 e. The summed E-state index contributed by atoms with van der Waals surface area (Å²) in [5.41, 5.74) is 1.16. The van der Waals surface area contributed by atoms with E-state index in [0.717, 1.165) is 11.6 Å². The van der Waals surface area contributed by atoms with E-state index in [1.165, 1.54) is 19.3 Å². The van der Waals surface area contributed by atoms with Gasteiger partial charge in [0.25, 0.3) is 0 Å². The molecule has 0 saturated heterocycles. The molecular formula is C12H23N3. The van der Waals surface area contributed by atoms with Gasteiger partial charge in [0.1, 0.15) is 0 Å². The first-order chi connectivity index (χ1) is 7.13. The highest BCUT2D eigenvalue weighted by Crippen LogP contribution is 2.18. The SMILES string of the molecule is CNC(CCCC(C)C)c1ccn(C)n1. The lowest BCUT2D eigenvalue weighted by Gasteiger charge is -2.14. The Morgan fingerprint density at radius 1 is 1.40 bits per heavy atom. The molecule has 0 spiro atoms. The molecule has 1 aromatic rings. The Hall–Kier alpha value is -0.830. The molecule has 3 nitrogen and oxygen atoms in total. The lowest BCUT2D eigenvalue weighted by atomic mass is 10.0. The molecule has 3 heteroatoms. The minimum Gasteiger partial charge on any atom is -0.312 e. The number of nitrogens with one attached hydrogen (secondary N) is 1. The number of hydrogen-bond donors (Lipinski definition) is 1. The van der Waals surface area contributed by atoms with Crippen molar-refractivity contribution in [3.05, 3.63) is 18.0 Å². The first kappa shape index (κ1) is 12.2. The minimum absolute atomic E-state index is 0.407. The molecule has 0 aliphatic heterocycles. The molecule has 0 amide bonds. The van der Waals surface area contributed by atoms with E-state index in [1.807, 2.05) is 25.0 Å². The summed E-state index contributed by atoms with van der Waals surface area (Å²) in [5.74, 6) is 0.797. The van der Waals surface area contributed by atoms with Crippen LogP contribution in [-0.4, -0.2) is 16.8 Å². The van der Waals surface area contributed by atoms with Crippen molar-refractivity contribution in [3.8, 4) is 0 Å². The van der Waals surface area contributed by atoms with Crippen LogP contribution in [0.2, 0.25) is 0 Å². The molecule has 0 aliphatic carbocycles. The Bertz CT molecular complexity index is 278. The van der Waals surface area contributed by atoms with Gasteiger partial charge in [0.2, 0.25) is 0 Å². The fraction of sp³-hybridized carbons (Fsp3) is 0.750. The fourth-order valence-corrected chi connectivity index (χ4v) is 1.79. The Kier molecular flexibility index (Phi) is 4.82. The van der Waals surface area contributed by atoms with Gasteiger partial charge in [-0.05, 0) is 25.5 Å². The van der Waals surface area contributed by atoms with E-state index in [0.29, 0.717) is 6.04 Å². The summed E-state index contributed by atoms with van der Waals surface area (Å²) in [7, 11) is 3.97. The van der Waals surface area contributed by atoms with Gasteiger partial charge in [-0.3, -0.25) is 4.68 Å². The molecule has 1 aromatic heterocycles. The molecule has 0 aromatic carbocycles. The van der Waals surface area contributed by atoms with Gasteiger partial charge >= 0.3 is 0 Å². The molecule has 0 fully saturated rings. The van der Waals surface area contributed by atoms with E-state index in [2.05, 4.69) is 30.3 Å². The van der Waals surface area contributed by atoms with E-state index < -0.39 is 0 Å². The standard InChI is InChI=1S/C12H23N3/c1-10(2)6-5-7-11(13-3)12-8-9-15(4)14-12/h8-11,13H,5-7H2,1-4H3. The molecule has 0 saturated carbocycles. The van der Waals surface area contributed by atoms with Crippen molar-refractivity contribution >= 4 is 0 Å². The number of nitrogens with zero attached hydrogens (tertiary/aromatic N) is 2. The van der Waals surface area contributed by atoms with E-state index >= 15 is 0 Å². The third-order valence-electron chi connectivity index (χ3n) is 2.71. The second-order valence-corrected chi connectivity index (χ2v) is 4.58. The van der Waals surface area contributed by atoms with Gasteiger partial charge in [0, 0.05) is 13.2 Å². The van der Waals surface area contributed by atoms with Crippen molar-refractivity contribution in [2.24, 2.45) is 13.0 Å². The molecule has 1 atom stereocenters. The molecule has 1 unspecified atom stereocenters. The summed E-state index contributed by atoms with van der Waals surface area (Å²) in [4.78, 5) is 0. The lowest BCUT2D eigenvalue weighted by molar-refractivity contribution is 0.461. The predicted molar refractivity (Wildman–Crippen MR) is 63.7 cm³/mol. The molecule has 0 aliphatic rings. The Balaban J connectivity index is 2.42. The summed E-state index contributed by atoms with van der Waals surface area (Å²) in [6, 6.07) is 2.50. The highest BCUT2D eigenvalue weighted by atomic mass is 15.3. The van der Waals surface area contributed by atoms with Crippen LogP contribution in [0.1, 0.15) is 44.8 Å². The summed E-state index contributed by atoms with van der Waals surface area (Å²) in [6.45, 7) is 4.55. The number of hydrogen-bond acceptors (Lipinski definition) is 2. The first-order valence-corrected chi connectivity index (χ1v) is 5.80. The Morgan fingerprint density at radius 3 is 2.60 bits per heavy atom. The average Bonchev–Trinajstić information content (AvgIpc) is 2.59. The molecule has 15 heavy (non-hydrogen) atoms. The van der Waals surface area contributed by atoms with Gasteiger partial charge < -0.3 is 5.32 Å². The molecule has 86 valence electrons. The van der Waals surface area contributed by atoms with Gasteiger partial charge in [-0.1, -0.05) is 26.7 Å². The smallest absolute Gasteiger partial charge is 0.0793 e. The maximum absolute atomic E-state index is 4.43. The average molecular weight is 209 g/mol. The first-order valence-electron chi connectivity index (χ1n) is 5.80. The second-order valence-electron chi connectivity index (χ2n) is 4.58. The van der Waals surface area contributed by atoms with Crippen LogP contribution in [0.4, 0.5) is 0 Å². The van der Waals surface area contributed by atoms with Crippen LogP contribution in [0, 0.1) is 5.92 Å². The molecule has 0 radical (unpaired) electrons. The van der Waals surface area contributed by atoms with Crippen LogP contribution < -0.4 is 5.32 Å². The number of aromatic nitrogens is 2. The lowest BCUT2D eigenvalue weighted by Crippen LogP contribution is -2.17. The zero-order chi connectivity index (χ0) is 11.3. The summed E-state index contributed by atoms with van der Waals surface area (Å²) in [6.07, 6.45) is 5.73. The zero-order valence-corrected chi connectivity index (χ0v) is 10.3. The van der Waals surface area contributed by atoms with Crippen molar-refractivity contribution in [1.29, 1.82) is 0 Å². The summed E-state index contributed by atoms with van der Waals surface area (Å²) < 4.78 is 1.86. The third kappa shape index (κ3) is 4.04. The van der Waals surface area contributed by atoms with Gasteiger partial charge in [-0.15, -0.1) is 0 Å². The van der Waals surface area contributed by atoms with Crippen LogP contribution >= 0.6 is 0 Å². The summed E-state index contributed by atoms with van der Waals surface area (Å²) >= 11 is 0. The largest absolute Gasteiger partial charge is 0.312 e. The van der Waals surface area contributed by atoms with Crippen LogP contribution in [0.25, 0.3) is 0 Å². The van der Waals surface area contributed by atoms with Crippen molar-refractivity contribution in [2.75, 3.05) is 7.05 Å². The predicted octanol–water partition coefficient (Wildman–Crippen LogP) is 2.51. The van der Waals surface area contributed by atoms with Gasteiger partial charge in [0.05, 0.1) is 11.7 Å². The highest BCUT2D eigenvalue weighted by Gasteiger charge is 2.11. The van der Waals surface area contributed by atoms with Crippen LogP contribution in [0.15, 0.2) is 12.3 Å². The Morgan fingerprint density at radius 2 is 2.13 bits per heavy atom. The third-order valence-corrected chi connectivity index (χ3v) is 2.71. The Labute approximate surface area is 92.9 Å². The van der Waals surface area contributed by atoms with Crippen LogP contribution in [0.5, 0.6) is 0 Å². The summed E-state index contributed by atoms with van der Waals surface area (Å²) in [5, 5.41) is 7.76. The molecule has 0 bridgehead atoms. The van der Waals surface area contributed by atoms with E-state index in [1.54, 1.807) is 0 Å². The molecule has 1 N–H and O–H groups in total. The topological polar surface area (TPSA) is 29.9 Å². The monoisotopic (exact) mass is 209 g/mol. The van der Waals surface area contributed by atoms with Crippen molar-refractivity contribution < 1.29 is 0 Å². The quantitative estimate of drug-likeness (QED) is 0.780. The fourth-order valence-electron chi connectivity index (χ4n) is 1.79. The van der Waals surface area contributed by atoms with Crippen molar-refractivity contribution in [1.82, 2.24) is 15.1 Å². The number of rotatable bonds is 6. The van der Waals surface area contributed by atoms with E-state index in [-0.39, 0.29) is 0 Å². The minimum atomic E-state index is 0.407. The van der Waals surface area contributed by atoms with Crippen molar-refractivity contribution in [2.45, 2.75) is 39.2 Å². The van der Waals surface area contributed by atoms with Crippen molar-refractivity contribution in [3.63, 3.8) is 0 Å². The molecule has 1 rings (SSSR count). The van der Waals surface area contributed by atoms with Crippen LogP contribution in [0.3, 0.4) is 0 Å². The van der Waals surface area contributed by atoms with Gasteiger partial charge in [-0.2, -0.15) is 5.10 Å². The molecule has 1 heterocycles. The van der Waals surface area contributed by atoms with Crippen LogP contribution in [-0.2, 0) is 7.05 Å². The van der Waals surface area contributed by atoms with Gasteiger partial charge in [-0.25, -0.2) is 0 Å². The highest BCUT2D eigenvalue weighted by molar-refractivity contribution is 5.04.